The summed E-state index contributed by atoms with van der Waals surface area (Å²) >= 11 is 0. The van der Waals surface area contributed by atoms with Gasteiger partial charge in [0.2, 0.25) is 5.91 Å². The number of benzene rings is 1. The number of rotatable bonds is 6. The van der Waals surface area contributed by atoms with Gasteiger partial charge < -0.3 is 4.90 Å². The highest BCUT2D eigenvalue weighted by Gasteiger charge is 2.43. The van der Waals surface area contributed by atoms with Gasteiger partial charge in [-0.3, -0.25) is 19.7 Å². The molecule has 4 rings (SSSR count). The molecule has 0 radical (unpaired) electrons. The maximum Gasteiger partial charge on any atom is 0.229 e. The Morgan fingerprint density at radius 2 is 1.68 bits per heavy atom. The molecule has 160 valence electrons. The molecule has 0 N–H and O–H groups in total. The van der Waals surface area contributed by atoms with Crippen molar-refractivity contribution in [2.24, 2.45) is 5.41 Å². The fraction of sp³-hybridized carbons (Fsp3) is 0.346. The lowest BCUT2D eigenvalue weighted by atomic mass is 9.73. The highest BCUT2D eigenvalue weighted by Crippen LogP contribution is 2.38. The van der Waals surface area contributed by atoms with E-state index in [9.17, 15) is 4.79 Å². The lowest BCUT2D eigenvalue weighted by Crippen LogP contribution is -2.52. The molecule has 3 aromatic rings. The second-order valence-corrected chi connectivity index (χ2v) is 8.72. The molecule has 0 aliphatic carbocycles. The van der Waals surface area contributed by atoms with Crippen molar-refractivity contribution in [3.8, 4) is 11.1 Å². The minimum absolute atomic E-state index is 0.219. The first-order chi connectivity index (χ1) is 15.1. The van der Waals surface area contributed by atoms with Crippen LogP contribution in [0.1, 0.15) is 24.0 Å². The Morgan fingerprint density at radius 3 is 2.39 bits per heavy atom. The van der Waals surface area contributed by atoms with Gasteiger partial charge in [-0.15, -0.1) is 0 Å². The van der Waals surface area contributed by atoms with Crippen molar-refractivity contribution in [1.29, 1.82) is 0 Å². The number of likely N-dealkylation sites (tertiary alicyclic amines) is 1. The largest absolute Gasteiger partial charge is 0.348 e. The van der Waals surface area contributed by atoms with Crippen LogP contribution in [0.25, 0.3) is 11.1 Å². The van der Waals surface area contributed by atoms with E-state index in [2.05, 4.69) is 51.3 Å². The molecule has 5 heteroatoms. The number of carbonyl (C=O) groups is 1. The van der Waals surface area contributed by atoms with E-state index in [4.69, 9.17) is 0 Å². The van der Waals surface area contributed by atoms with Crippen molar-refractivity contribution < 1.29 is 4.79 Å². The number of carbonyl (C=O) groups excluding carboxylic acids is 1. The highest BCUT2D eigenvalue weighted by atomic mass is 16.2. The summed E-state index contributed by atoms with van der Waals surface area (Å²) in [5.74, 6) is 0.219. The second kappa shape index (κ2) is 9.40. The van der Waals surface area contributed by atoms with Crippen molar-refractivity contribution in [2.75, 3.05) is 27.2 Å². The number of aromatic nitrogens is 2. The molecule has 1 aliphatic rings. The van der Waals surface area contributed by atoms with Gasteiger partial charge in [-0.25, -0.2) is 0 Å². The average Bonchev–Trinajstić information content (AvgIpc) is 2.80. The molecule has 2 aromatic heterocycles. The molecule has 0 spiro atoms. The molecule has 1 aliphatic heterocycles. The van der Waals surface area contributed by atoms with Crippen LogP contribution in [0.3, 0.4) is 0 Å². The zero-order chi connectivity index (χ0) is 21.7. The van der Waals surface area contributed by atoms with Crippen molar-refractivity contribution in [2.45, 2.75) is 25.8 Å². The molecule has 1 unspecified atom stereocenters. The van der Waals surface area contributed by atoms with Crippen LogP contribution in [0, 0.1) is 5.41 Å². The Morgan fingerprint density at radius 1 is 1.00 bits per heavy atom. The standard InChI is InChI=1S/C26H30N4O/c1-29(2)25(31)26(12-5-17-30(20-26)19-21-8-13-27-14-9-21)18-23-6-3-4-7-24(23)22-10-15-28-16-11-22/h3-4,6-11,13-16H,5,12,17-20H2,1-2H3. The van der Waals surface area contributed by atoms with Crippen molar-refractivity contribution in [1.82, 2.24) is 19.8 Å². The number of piperidine rings is 1. The first-order valence-corrected chi connectivity index (χ1v) is 10.9. The molecule has 0 saturated carbocycles. The Balaban J connectivity index is 1.66. The zero-order valence-electron chi connectivity index (χ0n) is 18.4. The van der Waals surface area contributed by atoms with E-state index in [1.807, 2.05) is 51.0 Å². The molecule has 31 heavy (non-hydrogen) atoms. The van der Waals surface area contributed by atoms with Crippen molar-refractivity contribution >= 4 is 5.91 Å². The lowest BCUT2D eigenvalue weighted by molar-refractivity contribution is -0.143. The third-order valence-corrected chi connectivity index (χ3v) is 6.21. The van der Waals surface area contributed by atoms with E-state index in [1.54, 1.807) is 4.90 Å². The predicted molar refractivity (Wildman–Crippen MR) is 123 cm³/mol. The summed E-state index contributed by atoms with van der Waals surface area (Å²) < 4.78 is 0. The normalized spacial score (nSPS) is 19.2. The zero-order valence-corrected chi connectivity index (χ0v) is 18.4. The number of hydrogen-bond acceptors (Lipinski definition) is 4. The van der Waals surface area contributed by atoms with Gasteiger partial charge in [-0.1, -0.05) is 24.3 Å². The van der Waals surface area contributed by atoms with Crippen molar-refractivity contribution in [3.05, 3.63) is 84.4 Å². The van der Waals surface area contributed by atoms with Crippen molar-refractivity contribution in [3.63, 3.8) is 0 Å². The van der Waals surface area contributed by atoms with Crippen LogP contribution in [0.5, 0.6) is 0 Å². The van der Waals surface area contributed by atoms with Gasteiger partial charge in [-0.05, 0) is 72.3 Å². The monoisotopic (exact) mass is 414 g/mol. The Labute approximate surface area is 184 Å². The van der Waals surface area contributed by atoms with E-state index in [1.165, 1.54) is 16.7 Å². The SMILES string of the molecule is CN(C)C(=O)C1(Cc2ccccc2-c2ccncc2)CCCN(Cc2ccncc2)C1. The lowest BCUT2D eigenvalue weighted by Gasteiger charge is -2.43. The van der Waals surface area contributed by atoms with Gasteiger partial charge in [0.25, 0.3) is 0 Å². The summed E-state index contributed by atoms with van der Waals surface area (Å²) in [6.07, 6.45) is 9.97. The number of pyridine rings is 2. The van der Waals surface area contributed by atoms with Gasteiger partial charge in [0.15, 0.2) is 0 Å². The van der Waals surface area contributed by atoms with Crippen LogP contribution in [0.2, 0.25) is 0 Å². The number of hydrogen-bond donors (Lipinski definition) is 0. The Kier molecular flexibility index (Phi) is 6.42. The average molecular weight is 415 g/mol. The molecule has 3 heterocycles. The van der Waals surface area contributed by atoms with E-state index in [0.29, 0.717) is 0 Å². The van der Waals surface area contributed by atoms with E-state index < -0.39 is 5.41 Å². The molecule has 1 fully saturated rings. The van der Waals surface area contributed by atoms with E-state index in [-0.39, 0.29) is 5.91 Å². The second-order valence-electron chi connectivity index (χ2n) is 8.72. The van der Waals surface area contributed by atoms with Crippen LogP contribution in [-0.4, -0.2) is 52.9 Å². The molecule has 0 bridgehead atoms. The maximum absolute atomic E-state index is 13.5. The summed E-state index contributed by atoms with van der Waals surface area (Å²) in [6.45, 7) is 2.62. The molecular weight excluding hydrogens is 384 g/mol. The first kappa shape index (κ1) is 21.2. The van der Waals surface area contributed by atoms with Gasteiger partial charge in [0.05, 0.1) is 5.41 Å². The minimum atomic E-state index is -0.433. The maximum atomic E-state index is 13.5. The van der Waals surface area contributed by atoms with E-state index >= 15 is 0 Å². The van der Waals surface area contributed by atoms with Crippen LogP contribution in [-0.2, 0) is 17.8 Å². The summed E-state index contributed by atoms with van der Waals surface area (Å²) in [4.78, 5) is 26.0. The number of nitrogens with zero attached hydrogens (tertiary/aromatic N) is 4. The molecule has 1 saturated heterocycles. The fourth-order valence-corrected chi connectivity index (χ4v) is 4.83. The van der Waals surface area contributed by atoms with Gasteiger partial charge >= 0.3 is 0 Å². The van der Waals surface area contributed by atoms with Crippen LogP contribution < -0.4 is 0 Å². The molecular formula is C26H30N4O. The first-order valence-electron chi connectivity index (χ1n) is 10.9. The van der Waals surface area contributed by atoms with E-state index in [0.717, 1.165) is 44.5 Å². The van der Waals surface area contributed by atoms with Crippen LogP contribution >= 0.6 is 0 Å². The molecule has 1 aromatic carbocycles. The molecule has 5 nitrogen and oxygen atoms in total. The Hall–Kier alpha value is -3.05. The minimum Gasteiger partial charge on any atom is -0.348 e. The Bertz CT molecular complexity index is 1010. The molecule has 1 amide bonds. The molecule has 1 atom stereocenters. The summed E-state index contributed by atoms with van der Waals surface area (Å²) in [7, 11) is 3.75. The predicted octanol–water partition coefficient (Wildman–Crippen LogP) is 4.06. The third kappa shape index (κ3) is 4.83. The quantitative estimate of drug-likeness (QED) is 0.610. The van der Waals surface area contributed by atoms with Gasteiger partial charge in [0, 0.05) is 52.0 Å². The number of amides is 1. The van der Waals surface area contributed by atoms with Crippen LogP contribution in [0.15, 0.2) is 73.3 Å². The fourth-order valence-electron chi connectivity index (χ4n) is 4.83. The smallest absolute Gasteiger partial charge is 0.229 e. The topological polar surface area (TPSA) is 49.3 Å². The summed E-state index contributed by atoms with van der Waals surface area (Å²) in [5, 5.41) is 0. The highest BCUT2D eigenvalue weighted by molar-refractivity contribution is 5.83. The van der Waals surface area contributed by atoms with Gasteiger partial charge in [0.1, 0.15) is 0 Å². The summed E-state index contributed by atoms with van der Waals surface area (Å²) in [6, 6.07) is 16.7. The summed E-state index contributed by atoms with van der Waals surface area (Å²) in [5.41, 5.74) is 4.34. The third-order valence-electron chi connectivity index (χ3n) is 6.21. The van der Waals surface area contributed by atoms with Crippen LogP contribution in [0.4, 0.5) is 0 Å². The van der Waals surface area contributed by atoms with Gasteiger partial charge in [-0.2, -0.15) is 0 Å².